The minimum atomic E-state index is 0.584. The third-order valence-corrected chi connectivity index (χ3v) is 2.20. The van der Waals surface area contributed by atoms with E-state index in [1.807, 2.05) is 6.07 Å². The van der Waals surface area contributed by atoms with Crippen LogP contribution in [-0.4, -0.2) is 17.1 Å². The summed E-state index contributed by atoms with van der Waals surface area (Å²) in [6.07, 6.45) is 3.37. The van der Waals surface area contributed by atoms with Crippen LogP contribution < -0.4 is 4.74 Å². The molecule has 0 atom stereocenters. The first kappa shape index (κ1) is 9.93. The first-order valence-electron chi connectivity index (χ1n) is 4.41. The van der Waals surface area contributed by atoms with E-state index in [2.05, 4.69) is 9.97 Å². The number of aromatic nitrogens is 2. The lowest BCUT2D eigenvalue weighted by Crippen LogP contribution is -1.88. The Labute approximate surface area is 92.7 Å². The third-order valence-electron chi connectivity index (χ3n) is 1.96. The first-order valence-corrected chi connectivity index (χ1v) is 4.79. The molecule has 15 heavy (non-hydrogen) atoms. The molecule has 4 heteroatoms. The molecule has 0 radical (unpaired) electrons. The van der Waals surface area contributed by atoms with Crippen molar-refractivity contribution >= 4 is 11.6 Å². The molecule has 0 aliphatic rings. The smallest absolute Gasteiger partial charge is 0.212 e. The van der Waals surface area contributed by atoms with Crippen LogP contribution in [-0.2, 0) is 0 Å². The molecule has 0 fully saturated rings. The second-order valence-electron chi connectivity index (χ2n) is 2.95. The Morgan fingerprint density at radius 1 is 1.20 bits per heavy atom. The fourth-order valence-electron chi connectivity index (χ4n) is 1.22. The van der Waals surface area contributed by atoms with E-state index in [9.17, 15) is 0 Å². The van der Waals surface area contributed by atoms with Crippen LogP contribution in [0.4, 0.5) is 0 Å². The highest BCUT2D eigenvalue weighted by molar-refractivity contribution is 6.30. The second kappa shape index (κ2) is 4.28. The van der Waals surface area contributed by atoms with Crippen LogP contribution in [0.15, 0.2) is 36.7 Å². The van der Waals surface area contributed by atoms with Gasteiger partial charge in [0.2, 0.25) is 5.88 Å². The lowest BCUT2D eigenvalue weighted by molar-refractivity contribution is 0.398. The fraction of sp³-hybridized carbons (Fsp3) is 0.0909. The van der Waals surface area contributed by atoms with Crippen molar-refractivity contribution in [3.8, 4) is 17.1 Å². The molecule has 2 rings (SSSR count). The van der Waals surface area contributed by atoms with Gasteiger partial charge in [-0.3, -0.25) is 4.98 Å². The van der Waals surface area contributed by atoms with E-state index in [1.165, 1.54) is 0 Å². The van der Waals surface area contributed by atoms with Gasteiger partial charge in [0.25, 0.3) is 0 Å². The van der Waals surface area contributed by atoms with Crippen molar-refractivity contribution in [2.75, 3.05) is 7.11 Å². The van der Waals surface area contributed by atoms with Gasteiger partial charge in [0.1, 0.15) is 0 Å². The maximum Gasteiger partial charge on any atom is 0.212 e. The summed E-state index contributed by atoms with van der Waals surface area (Å²) in [6.45, 7) is 0. The summed E-state index contributed by atoms with van der Waals surface area (Å²) in [5, 5.41) is 0.663. The van der Waals surface area contributed by atoms with Gasteiger partial charge in [0.05, 0.1) is 12.8 Å². The second-order valence-corrected chi connectivity index (χ2v) is 3.38. The summed E-state index contributed by atoms with van der Waals surface area (Å²) in [5.41, 5.74) is 1.72. The predicted octanol–water partition coefficient (Wildman–Crippen LogP) is 2.81. The Hall–Kier alpha value is -1.61. The molecule has 76 valence electrons. The first-order chi connectivity index (χ1) is 7.29. The van der Waals surface area contributed by atoms with Crippen LogP contribution in [0.25, 0.3) is 11.3 Å². The topological polar surface area (TPSA) is 35.0 Å². The van der Waals surface area contributed by atoms with Crippen molar-refractivity contribution in [1.82, 2.24) is 9.97 Å². The molecule has 2 heterocycles. The number of ether oxygens (including phenoxy) is 1. The standard InChI is InChI=1S/C11H9ClN2O/c1-15-11-3-2-8(7-14-11)10-6-9(12)4-5-13-10/h2-7H,1H3. The van der Waals surface area contributed by atoms with Crippen molar-refractivity contribution in [1.29, 1.82) is 0 Å². The van der Waals surface area contributed by atoms with Gasteiger partial charge in [0.15, 0.2) is 0 Å². The molecule has 0 saturated carbocycles. The molecule has 3 nitrogen and oxygen atoms in total. The monoisotopic (exact) mass is 220 g/mol. The quantitative estimate of drug-likeness (QED) is 0.781. The molecule has 2 aromatic rings. The van der Waals surface area contributed by atoms with Gasteiger partial charge < -0.3 is 4.74 Å². The van der Waals surface area contributed by atoms with Gasteiger partial charge in [-0.2, -0.15) is 0 Å². The summed E-state index contributed by atoms with van der Waals surface area (Å²) in [5.74, 6) is 0.584. The maximum absolute atomic E-state index is 5.87. The van der Waals surface area contributed by atoms with Gasteiger partial charge in [0, 0.05) is 29.0 Å². The van der Waals surface area contributed by atoms with E-state index in [0.717, 1.165) is 11.3 Å². The number of pyridine rings is 2. The predicted molar refractivity (Wildman–Crippen MR) is 59.0 cm³/mol. The van der Waals surface area contributed by atoms with Crippen LogP contribution in [0.1, 0.15) is 0 Å². The van der Waals surface area contributed by atoms with E-state index in [1.54, 1.807) is 37.7 Å². The molecular formula is C11H9ClN2O. The number of rotatable bonds is 2. The third kappa shape index (κ3) is 2.25. The molecule has 0 unspecified atom stereocenters. The molecule has 0 aromatic carbocycles. The van der Waals surface area contributed by atoms with Crippen LogP contribution in [0.3, 0.4) is 0 Å². The van der Waals surface area contributed by atoms with Crippen LogP contribution in [0.2, 0.25) is 5.02 Å². The molecule has 0 saturated heterocycles. The summed E-state index contributed by atoms with van der Waals surface area (Å²) in [6, 6.07) is 7.22. The van der Waals surface area contributed by atoms with E-state index in [4.69, 9.17) is 16.3 Å². The normalized spacial score (nSPS) is 10.0. The van der Waals surface area contributed by atoms with Gasteiger partial charge in [-0.1, -0.05) is 11.6 Å². The van der Waals surface area contributed by atoms with Crippen LogP contribution >= 0.6 is 11.6 Å². The van der Waals surface area contributed by atoms with Crippen LogP contribution in [0.5, 0.6) is 5.88 Å². The zero-order valence-electron chi connectivity index (χ0n) is 8.14. The van der Waals surface area contributed by atoms with E-state index >= 15 is 0 Å². The molecule has 0 amide bonds. The highest BCUT2D eigenvalue weighted by Gasteiger charge is 2.00. The largest absolute Gasteiger partial charge is 0.481 e. The minimum Gasteiger partial charge on any atom is -0.481 e. The highest BCUT2D eigenvalue weighted by atomic mass is 35.5. The molecule has 2 aromatic heterocycles. The summed E-state index contributed by atoms with van der Waals surface area (Å²) in [7, 11) is 1.58. The van der Waals surface area contributed by atoms with Crippen molar-refractivity contribution in [3.63, 3.8) is 0 Å². The average Bonchev–Trinajstić information content (AvgIpc) is 2.29. The van der Waals surface area contributed by atoms with Crippen molar-refractivity contribution in [2.45, 2.75) is 0 Å². The molecule has 0 aliphatic heterocycles. The van der Waals surface area contributed by atoms with E-state index < -0.39 is 0 Å². The lowest BCUT2D eigenvalue weighted by atomic mass is 10.2. The number of methoxy groups -OCH3 is 1. The van der Waals surface area contributed by atoms with Gasteiger partial charge in [-0.05, 0) is 18.2 Å². The molecule has 0 aliphatic carbocycles. The Morgan fingerprint density at radius 2 is 2.07 bits per heavy atom. The van der Waals surface area contributed by atoms with Gasteiger partial charge >= 0.3 is 0 Å². The summed E-state index contributed by atoms with van der Waals surface area (Å²) < 4.78 is 4.97. The Morgan fingerprint density at radius 3 is 2.67 bits per heavy atom. The Kier molecular flexibility index (Phi) is 2.83. The number of nitrogens with zero attached hydrogens (tertiary/aromatic N) is 2. The summed E-state index contributed by atoms with van der Waals surface area (Å²) >= 11 is 5.87. The fourth-order valence-corrected chi connectivity index (χ4v) is 1.37. The Bertz CT molecular complexity index is 456. The van der Waals surface area contributed by atoms with Gasteiger partial charge in [-0.15, -0.1) is 0 Å². The SMILES string of the molecule is COc1ccc(-c2cc(Cl)ccn2)cn1. The van der Waals surface area contributed by atoms with Gasteiger partial charge in [-0.25, -0.2) is 4.98 Å². The summed E-state index contributed by atoms with van der Waals surface area (Å²) in [4.78, 5) is 8.30. The highest BCUT2D eigenvalue weighted by Crippen LogP contribution is 2.20. The van der Waals surface area contributed by atoms with Crippen molar-refractivity contribution in [3.05, 3.63) is 41.7 Å². The number of halogens is 1. The molecule has 0 bridgehead atoms. The van der Waals surface area contributed by atoms with E-state index in [-0.39, 0.29) is 0 Å². The Balaban J connectivity index is 2.37. The number of hydrogen-bond acceptors (Lipinski definition) is 3. The number of hydrogen-bond donors (Lipinski definition) is 0. The molecule has 0 spiro atoms. The minimum absolute atomic E-state index is 0.584. The zero-order chi connectivity index (χ0) is 10.7. The van der Waals surface area contributed by atoms with Crippen molar-refractivity contribution < 1.29 is 4.74 Å². The van der Waals surface area contributed by atoms with Crippen LogP contribution in [0, 0.1) is 0 Å². The van der Waals surface area contributed by atoms with E-state index in [0.29, 0.717) is 10.9 Å². The average molecular weight is 221 g/mol. The maximum atomic E-state index is 5.87. The lowest BCUT2D eigenvalue weighted by Gasteiger charge is -2.02. The molecular weight excluding hydrogens is 212 g/mol. The zero-order valence-corrected chi connectivity index (χ0v) is 8.90. The van der Waals surface area contributed by atoms with Crippen molar-refractivity contribution in [2.24, 2.45) is 0 Å². The molecule has 0 N–H and O–H groups in total.